The number of ether oxygens (including phenoxy) is 2. The second-order valence-corrected chi connectivity index (χ2v) is 9.79. The maximum absolute atomic E-state index is 13.5. The van der Waals surface area contributed by atoms with Gasteiger partial charge in [0.1, 0.15) is 23.9 Å². The van der Waals surface area contributed by atoms with Crippen molar-refractivity contribution in [2.75, 3.05) is 26.1 Å². The van der Waals surface area contributed by atoms with Crippen molar-refractivity contribution in [3.8, 4) is 11.5 Å². The lowest BCUT2D eigenvalue weighted by atomic mass is 10.2. The molecule has 1 fully saturated rings. The van der Waals surface area contributed by atoms with Gasteiger partial charge in [0.05, 0.1) is 20.8 Å². The summed E-state index contributed by atoms with van der Waals surface area (Å²) in [6.07, 6.45) is 1.70. The van der Waals surface area contributed by atoms with E-state index in [9.17, 15) is 14.0 Å². The number of methoxy groups -OCH3 is 2. The van der Waals surface area contributed by atoms with Gasteiger partial charge in [-0.1, -0.05) is 12.1 Å². The van der Waals surface area contributed by atoms with Crippen LogP contribution in [0.5, 0.6) is 11.5 Å². The van der Waals surface area contributed by atoms with Crippen LogP contribution in [0.2, 0.25) is 0 Å². The van der Waals surface area contributed by atoms with E-state index in [0.717, 1.165) is 28.8 Å². The second kappa shape index (κ2) is 11.4. The molecular formula is C27H30FN3O4S. The Labute approximate surface area is 214 Å². The molecule has 0 bridgehead atoms. The summed E-state index contributed by atoms with van der Waals surface area (Å²) in [5, 5.41) is 4.88. The van der Waals surface area contributed by atoms with Gasteiger partial charge in [-0.05, 0) is 54.5 Å². The van der Waals surface area contributed by atoms with Gasteiger partial charge in [-0.2, -0.15) is 0 Å². The van der Waals surface area contributed by atoms with Crippen LogP contribution in [0, 0.1) is 12.7 Å². The maximum atomic E-state index is 13.5. The summed E-state index contributed by atoms with van der Waals surface area (Å²) in [7, 11) is 3.08. The molecule has 190 valence electrons. The number of aryl methyl sites for hydroxylation is 1. The number of anilines is 1. The van der Waals surface area contributed by atoms with Crippen molar-refractivity contribution in [1.82, 2.24) is 9.80 Å². The lowest BCUT2D eigenvalue weighted by Crippen LogP contribution is -2.45. The van der Waals surface area contributed by atoms with Crippen LogP contribution in [-0.4, -0.2) is 48.5 Å². The molecule has 1 heterocycles. The van der Waals surface area contributed by atoms with Crippen molar-refractivity contribution in [2.24, 2.45) is 0 Å². The van der Waals surface area contributed by atoms with E-state index in [1.54, 1.807) is 65.7 Å². The number of nitrogens with zero attached hydrogens (tertiary/aromatic N) is 2. The summed E-state index contributed by atoms with van der Waals surface area (Å²) in [4.78, 5) is 31.2. The molecule has 1 aromatic heterocycles. The monoisotopic (exact) mass is 511 g/mol. The Morgan fingerprint density at radius 1 is 1.03 bits per heavy atom. The summed E-state index contributed by atoms with van der Waals surface area (Å²) in [5.41, 5.74) is 2.46. The first-order valence-corrected chi connectivity index (χ1v) is 12.6. The molecule has 1 aliphatic rings. The molecule has 3 aromatic rings. The highest BCUT2D eigenvalue weighted by Crippen LogP contribution is 2.30. The normalized spacial score (nSPS) is 12.7. The molecule has 7 nitrogen and oxygen atoms in total. The molecule has 0 atom stereocenters. The third-order valence-corrected chi connectivity index (χ3v) is 7.11. The van der Waals surface area contributed by atoms with Gasteiger partial charge in [0.25, 0.3) is 0 Å². The first-order chi connectivity index (χ1) is 17.4. The Hall–Kier alpha value is -3.59. The number of urea groups is 1. The molecule has 1 aliphatic carbocycles. The molecule has 4 rings (SSSR count). The number of carbonyl (C=O) groups is 2. The zero-order valence-electron chi connectivity index (χ0n) is 20.6. The third-order valence-electron chi connectivity index (χ3n) is 6.10. The van der Waals surface area contributed by atoms with Crippen molar-refractivity contribution in [3.63, 3.8) is 0 Å². The van der Waals surface area contributed by atoms with Crippen molar-refractivity contribution in [2.45, 2.75) is 38.9 Å². The minimum Gasteiger partial charge on any atom is -0.497 e. The number of benzene rings is 2. The number of nitrogens with one attached hydrogen (secondary N) is 1. The van der Waals surface area contributed by atoms with E-state index in [2.05, 4.69) is 5.32 Å². The number of hydrogen-bond acceptors (Lipinski definition) is 5. The topological polar surface area (TPSA) is 71.1 Å². The molecule has 36 heavy (non-hydrogen) atoms. The van der Waals surface area contributed by atoms with Crippen molar-refractivity contribution in [1.29, 1.82) is 0 Å². The molecule has 0 spiro atoms. The largest absolute Gasteiger partial charge is 0.497 e. The second-order valence-electron chi connectivity index (χ2n) is 8.79. The van der Waals surface area contributed by atoms with E-state index in [-0.39, 0.29) is 30.3 Å². The third kappa shape index (κ3) is 6.54. The van der Waals surface area contributed by atoms with Gasteiger partial charge in [0.15, 0.2) is 0 Å². The summed E-state index contributed by atoms with van der Waals surface area (Å²) in [5.74, 6) is 0.611. The Kier molecular flexibility index (Phi) is 8.10. The molecule has 0 aliphatic heterocycles. The first kappa shape index (κ1) is 25.5. The maximum Gasteiger partial charge on any atom is 0.322 e. The summed E-state index contributed by atoms with van der Waals surface area (Å²) in [6, 6.07) is 12.9. The van der Waals surface area contributed by atoms with Crippen LogP contribution >= 0.6 is 11.3 Å². The lowest BCUT2D eigenvalue weighted by molar-refractivity contribution is -0.133. The van der Waals surface area contributed by atoms with Crippen LogP contribution in [0.25, 0.3) is 0 Å². The zero-order valence-corrected chi connectivity index (χ0v) is 21.4. The minimum atomic E-state index is -0.352. The molecular weight excluding hydrogens is 481 g/mol. The van der Waals surface area contributed by atoms with E-state index in [4.69, 9.17) is 9.47 Å². The fraction of sp³-hybridized carbons (Fsp3) is 0.333. The Balaban J connectivity index is 1.51. The van der Waals surface area contributed by atoms with E-state index < -0.39 is 0 Å². The molecule has 0 unspecified atom stereocenters. The molecule has 0 radical (unpaired) electrons. The van der Waals surface area contributed by atoms with Gasteiger partial charge in [0.2, 0.25) is 5.91 Å². The number of thiophene rings is 1. The van der Waals surface area contributed by atoms with Gasteiger partial charge in [0, 0.05) is 41.4 Å². The van der Waals surface area contributed by atoms with Gasteiger partial charge < -0.3 is 24.6 Å². The van der Waals surface area contributed by atoms with Crippen LogP contribution in [0.15, 0.2) is 53.9 Å². The fourth-order valence-corrected chi connectivity index (χ4v) is 4.78. The molecule has 1 N–H and O–H groups in total. The summed E-state index contributed by atoms with van der Waals surface area (Å²) < 4.78 is 24.0. The Morgan fingerprint density at radius 2 is 1.69 bits per heavy atom. The highest BCUT2D eigenvalue weighted by atomic mass is 32.1. The quantitative estimate of drug-likeness (QED) is 0.394. The van der Waals surface area contributed by atoms with Gasteiger partial charge in [-0.15, -0.1) is 11.3 Å². The van der Waals surface area contributed by atoms with Crippen molar-refractivity contribution in [3.05, 3.63) is 75.7 Å². The standard InChI is InChI=1S/C27H30FN3O4S/c1-18-10-11-36-25(18)16-30(15-19-4-6-20(28)7-5-19)26(32)17-31(22-8-9-22)27(33)29-21-12-23(34-2)14-24(13-21)35-3/h4-7,10-14,22H,8-9,15-17H2,1-3H3,(H,29,33). The number of hydrogen-bond donors (Lipinski definition) is 1. The van der Waals surface area contributed by atoms with E-state index >= 15 is 0 Å². The fourth-order valence-electron chi connectivity index (χ4n) is 3.86. The van der Waals surface area contributed by atoms with E-state index in [1.165, 1.54) is 12.1 Å². The van der Waals surface area contributed by atoms with E-state index in [0.29, 0.717) is 30.3 Å². The average molecular weight is 512 g/mol. The first-order valence-electron chi connectivity index (χ1n) is 11.7. The smallest absolute Gasteiger partial charge is 0.322 e. The molecule has 3 amide bonds. The van der Waals surface area contributed by atoms with Gasteiger partial charge in [-0.25, -0.2) is 9.18 Å². The predicted octanol–water partition coefficient (Wildman–Crippen LogP) is 5.44. The lowest BCUT2D eigenvalue weighted by Gasteiger charge is -2.28. The molecule has 2 aromatic carbocycles. The van der Waals surface area contributed by atoms with Crippen molar-refractivity contribution < 1.29 is 23.5 Å². The molecule has 1 saturated carbocycles. The Bertz CT molecular complexity index is 1190. The SMILES string of the molecule is COc1cc(NC(=O)N(CC(=O)N(Cc2ccc(F)cc2)Cc2sccc2C)C2CC2)cc(OC)c1. The van der Waals surface area contributed by atoms with Crippen LogP contribution in [0.4, 0.5) is 14.9 Å². The number of carbonyl (C=O) groups excluding carboxylic acids is 2. The van der Waals surface area contributed by atoms with Crippen LogP contribution < -0.4 is 14.8 Å². The minimum absolute atomic E-state index is 0.0117. The number of rotatable bonds is 10. The average Bonchev–Trinajstić information content (AvgIpc) is 3.64. The predicted molar refractivity (Wildman–Crippen MR) is 138 cm³/mol. The van der Waals surface area contributed by atoms with Crippen LogP contribution in [-0.2, 0) is 17.9 Å². The number of halogens is 1. The highest BCUT2D eigenvalue weighted by molar-refractivity contribution is 7.10. The zero-order chi connectivity index (χ0) is 25.7. The Morgan fingerprint density at radius 3 is 2.25 bits per heavy atom. The molecule has 9 heteroatoms. The molecule has 0 saturated heterocycles. The van der Waals surface area contributed by atoms with Gasteiger partial charge in [-0.3, -0.25) is 4.79 Å². The van der Waals surface area contributed by atoms with Crippen LogP contribution in [0.3, 0.4) is 0 Å². The van der Waals surface area contributed by atoms with Crippen molar-refractivity contribution >= 4 is 29.0 Å². The van der Waals surface area contributed by atoms with Gasteiger partial charge >= 0.3 is 6.03 Å². The van der Waals surface area contributed by atoms with Crippen LogP contribution in [0.1, 0.15) is 28.8 Å². The van der Waals surface area contributed by atoms with E-state index in [1.807, 2.05) is 18.4 Å². The highest BCUT2D eigenvalue weighted by Gasteiger charge is 2.35. The number of amides is 3. The summed E-state index contributed by atoms with van der Waals surface area (Å²) >= 11 is 1.59. The summed E-state index contributed by atoms with van der Waals surface area (Å²) in [6.45, 7) is 2.71.